The molecule has 0 N–H and O–H groups in total. The van der Waals surface area contributed by atoms with E-state index in [4.69, 9.17) is 0 Å². The van der Waals surface area contributed by atoms with Crippen molar-refractivity contribution in [3.05, 3.63) is 39.3 Å². The topological polar surface area (TPSA) is 38.1 Å². The second kappa shape index (κ2) is 6.46. The Morgan fingerprint density at radius 1 is 1.36 bits per heavy atom. The molecule has 22 heavy (non-hydrogen) atoms. The number of aromatic nitrogens is 2. The zero-order valence-electron chi connectivity index (χ0n) is 13.2. The number of nitrogens with zero attached hydrogens (tertiary/aromatic N) is 3. The van der Waals surface area contributed by atoms with Crippen molar-refractivity contribution in [2.75, 3.05) is 18.8 Å². The average molecular weight is 335 g/mol. The van der Waals surface area contributed by atoms with Gasteiger partial charge in [0, 0.05) is 41.7 Å². The Labute approximate surface area is 139 Å². The quantitative estimate of drug-likeness (QED) is 0.844. The second-order valence-electron chi connectivity index (χ2n) is 5.63. The standard InChI is InChI=1S/C16H21N3OS2/c1-11-15(12(2)18(3)17-11)16(20)19-7-6-14(22-10-8-19)13-5-4-9-21-13/h4-5,9,14H,6-8,10H2,1-3H3. The van der Waals surface area contributed by atoms with Crippen LogP contribution in [-0.4, -0.2) is 39.4 Å². The molecule has 0 aromatic carbocycles. The molecule has 2 aromatic rings. The smallest absolute Gasteiger partial charge is 0.257 e. The number of thiophene rings is 1. The Hall–Kier alpha value is -1.27. The van der Waals surface area contributed by atoms with Crippen LogP contribution in [0.1, 0.15) is 38.3 Å². The minimum absolute atomic E-state index is 0.135. The molecule has 6 heteroatoms. The minimum Gasteiger partial charge on any atom is -0.338 e. The molecule has 4 nitrogen and oxygen atoms in total. The summed E-state index contributed by atoms with van der Waals surface area (Å²) in [6.07, 6.45) is 1.02. The second-order valence-corrected chi connectivity index (χ2v) is 7.92. The number of amides is 1. The maximum atomic E-state index is 12.9. The molecule has 3 heterocycles. The highest BCUT2D eigenvalue weighted by Crippen LogP contribution is 2.37. The normalized spacial score (nSPS) is 19.2. The number of aryl methyl sites for hydroxylation is 2. The van der Waals surface area contributed by atoms with E-state index >= 15 is 0 Å². The number of hydrogen-bond donors (Lipinski definition) is 0. The predicted molar refractivity (Wildman–Crippen MR) is 92.7 cm³/mol. The lowest BCUT2D eigenvalue weighted by molar-refractivity contribution is 0.0765. The number of carbonyl (C=O) groups is 1. The van der Waals surface area contributed by atoms with Gasteiger partial charge in [-0.15, -0.1) is 11.3 Å². The van der Waals surface area contributed by atoms with Gasteiger partial charge >= 0.3 is 0 Å². The van der Waals surface area contributed by atoms with E-state index < -0.39 is 0 Å². The Balaban J connectivity index is 1.74. The molecular formula is C16H21N3OS2. The molecule has 1 atom stereocenters. The highest BCUT2D eigenvalue weighted by Gasteiger charge is 2.26. The van der Waals surface area contributed by atoms with E-state index in [2.05, 4.69) is 22.6 Å². The maximum Gasteiger partial charge on any atom is 0.257 e. The van der Waals surface area contributed by atoms with Crippen LogP contribution in [0.3, 0.4) is 0 Å². The van der Waals surface area contributed by atoms with Gasteiger partial charge < -0.3 is 4.90 Å². The number of rotatable bonds is 2. The van der Waals surface area contributed by atoms with Gasteiger partial charge in [0.2, 0.25) is 0 Å². The molecule has 1 fully saturated rings. The number of thioether (sulfide) groups is 1. The summed E-state index contributed by atoms with van der Waals surface area (Å²) in [4.78, 5) is 16.3. The lowest BCUT2D eigenvalue weighted by atomic mass is 10.1. The lowest BCUT2D eigenvalue weighted by Crippen LogP contribution is -2.33. The first-order chi connectivity index (χ1) is 10.6. The van der Waals surface area contributed by atoms with Crippen LogP contribution in [-0.2, 0) is 7.05 Å². The monoisotopic (exact) mass is 335 g/mol. The summed E-state index contributed by atoms with van der Waals surface area (Å²) >= 11 is 3.78. The van der Waals surface area contributed by atoms with Gasteiger partial charge in [0.1, 0.15) is 0 Å². The molecule has 0 radical (unpaired) electrons. The molecule has 0 aliphatic carbocycles. The molecule has 118 valence electrons. The summed E-state index contributed by atoms with van der Waals surface area (Å²) in [5.41, 5.74) is 2.56. The first kappa shape index (κ1) is 15.6. The summed E-state index contributed by atoms with van der Waals surface area (Å²) in [5, 5.41) is 7.02. The van der Waals surface area contributed by atoms with Crippen molar-refractivity contribution in [1.82, 2.24) is 14.7 Å². The van der Waals surface area contributed by atoms with Crippen molar-refractivity contribution < 1.29 is 4.79 Å². The van der Waals surface area contributed by atoms with E-state index in [1.165, 1.54) is 4.88 Å². The molecule has 0 bridgehead atoms. The highest BCUT2D eigenvalue weighted by atomic mass is 32.2. The van der Waals surface area contributed by atoms with Gasteiger partial charge in [0.15, 0.2) is 0 Å². The van der Waals surface area contributed by atoms with Crippen LogP contribution >= 0.6 is 23.1 Å². The fourth-order valence-corrected chi connectivity index (χ4v) is 5.15. The molecule has 0 saturated carbocycles. The van der Waals surface area contributed by atoms with Crippen molar-refractivity contribution in [1.29, 1.82) is 0 Å². The molecule has 1 saturated heterocycles. The number of carbonyl (C=O) groups excluding carboxylic acids is 1. The highest BCUT2D eigenvalue weighted by molar-refractivity contribution is 7.99. The van der Waals surface area contributed by atoms with Crippen LogP contribution in [0.5, 0.6) is 0 Å². The van der Waals surface area contributed by atoms with E-state index in [-0.39, 0.29) is 5.91 Å². The first-order valence-electron chi connectivity index (χ1n) is 7.52. The molecule has 1 amide bonds. The van der Waals surface area contributed by atoms with Gasteiger partial charge in [-0.25, -0.2) is 0 Å². The third-order valence-electron chi connectivity index (χ3n) is 4.21. The first-order valence-corrected chi connectivity index (χ1v) is 9.45. The molecule has 0 spiro atoms. The van der Waals surface area contributed by atoms with Crippen LogP contribution in [0, 0.1) is 13.8 Å². The Morgan fingerprint density at radius 3 is 2.82 bits per heavy atom. The van der Waals surface area contributed by atoms with Crippen molar-refractivity contribution >= 4 is 29.0 Å². The number of hydrogen-bond acceptors (Lipinski definition) is 4. The summed E-state index contributed by atoms with van der Waals surface area (Å²) < 4.78 is 1.80. The maximum absolute atomic E-state index is 12.9. The molecule has 1 unspecified atom stereocenters. The molecule has 3 rings (SSSR count). The summed E-state index contributed by atoms with van der Waals surface area (Å²) in [5.74, 6) is 1.13. The fraction of sp³-hybridized carbons (Fsp3) is 0.500. The van der Waals surface area contributed by atoms with Gasteiger partial charge in [-0.1, -0.05) is 6.07 Å². The molecule has 1 aliphatic heterocycles. The van der Waals surface area contributed by atoms with Gasteiger partial charge in [-0.05, 0) is 31.7 Å². The van der Waals surface area contributed by atoms with Crippen molar-refractivity contribution in [2.24, 2.45) is 7.05 Å². The average Bonchev–Trinajstić information content (AvgIpc) is 3.01. The summed E-state index contributed by atoms with van der Waals surface area (Å²) in [7, 11) is 1.89. The van der Waals surface area contributed by atoms with Crippen molar-refractivity contribution in [3.63, 3.8) is 0 Å². The Bertz CT molecular complexity index is 663. The van der Waals surface area contributed by atoms with E-state index in [0.717, 1.165) is 42.2 Å². The van der Waals surface area contributed by atoms with E-state index in [0.29, 0.717) is 5.25 Å². The third kappa shape index (κ3) is 2.94. The summed E-state index contributed by atoms with van der Waals surface area (Å²) in [6.45, 7) is 5.52. The summed E-state index contributed by atoms with van der Waals surface area (Å²) in [6, 6.07) is 4.31. The molecular weight excluding hydrogens is 314 g/mol. The fourth-order valence-electron chi connectivity index (χ4n) is 2.92. The SMILES string of the molecule is Cc1nn(C)c(C)c1C(=O)N1CCSC(c2cccs2)CC1. The van der Waals surface area contributed by atoms with Crippen LogP contribution < -0.4 is 0 Å². The van der Waals surface area contributed by atoms with Crippen LogP contribution in [0.25, 0.3) is 0 Å². The van der Waals surface area contributed by atoms with Crippen molar-refractivity contribution in [2.45, 2.75) is 25.5 Å². The van der Waals surface area contributed by atoms with Crippen LogP contribution in [0.4, 0.5) is 0 Å². The van der Waals surface area contributed by atoms with Crippen LogP contribution in [0.15, 0.2) is 17.5 Å². The van der Waals surface area contributed by atoms with Gasteiger partial charge in [-0.3, -0.25) is 9.48 Å². The van der Waals surface area contributed by atoms with Gasteiger partial charge in [0.05, 0.1) is 11.3 Å². The van der Waals surface area contributed by atoms with E-state index in [1.54, 1.807) is 4.68 Å². The lowest BCUT2D eigenvalue weighted by Gasteiger charge is -2.20. The zero-order valence-corrected chi connectivity index (χ0v) is 14.8. The van der Waals surface area contributed by atoms with Crippen LogP contribution in [0.2, 0.25) is 0 Å². The largest absolute Gasteiger partial charge is 0.338 e. The van der Waals surface area contributed by atoms with Crippen molar-refractivity contribution in [3.8, 4) is 0 Å². The van der Waals surface area contributed by atoms with Gasteiger partial charge in [-0.2, -0.15) is 16.9 Å². The third-order valence-corrected chi connectivity index (χ3v) is 6.66. The predicted octanol–water partition coefficient (Wildman–Crippen LogP) is 3.42. The molecule has 2 aromatic heterocycles. The Kier molecular flexibility index (Phi) is 4.59. The van der Waals surface area contributed by atoms with Gasteiger partial charge in [0.25, 0.3) is 5.91 Å². The Morgan fingerprint density at radius 2 is 2.18 bits per heavy atom. The van der Waals surface area contributed by atoms with E-state index in [9.17, 15) is 4.79 Å². The molecule has 1 aliphatic rings. The minimum atomic E-state index is 0.135. The van der Waals surface area contributed by atoms with E-state index in [1.807, 2.05) is 48.9 Å². The zero-order chi connectivity index (χ0) is 15.7.